The zero-order valence-electron chi connectivity index (χ0n) is 14.1. The van der Waals surface area contributed by atoms with E-state index in [4.69, 9.17) is 27.9 Å². The molecule has 1 aliphatic heterocycles. The quantitative estimate of drug-likeness (QED) is 0.551. The number of allylic oxidation sites excluding steroid dienone is 3. The lowest BCUT2D eigenvalue weighted by molar-refractivity contribution is -0.137. The van der Waals surface area contributed by atoms with Crippen LogP contribution in [0.1, 0.15) is 17.9 Å². The number of carbonyl (C=O) groups excluding carboxylic acids is 2. The number of alkyl halides is 2. The number of carbonyl (C=O) groups is 2. The summed E-state index contributed by atoms with van der Waals surface area (Å²) in [7, 11) is 2.78. The molecule has 0 unspecified atom stereocenters. The van der Waals surface area contributed by atoms with Crippen molar-refractivity contribution in [2.45, 2.75) is 22.1 Å². The SMILES string of the molecule is C=CC1=CC[C@@]2(Cl)C(=O)N(C)C(=O)[C@@]2(Cl)[C@H]1c1cc(Br)c(O)c(OC)c1. The number of rotatable bonds is 3. The summed E-state index contributed by atoms with van der Waals surface area (Å²) in [6, 6.07) is 3.20. The van der Waals surface area contributed by atoms with Crippen LogP contribution in [-0.4, -0.2) is 45.7 Å². The molecule has 138 valence electrons. The number of aromatic hydroxyl groups is 1. The van der Waals surface area contributed by atoms with Crippen molar-refractivity contribution in [2.24, 2.45) is 0 Å². The Balaban J connectivity index is 2.30. The van der Waals surface area contributed by atoms with Gasteiger partial charge in [0.25, 0.3) is 11.8 Å². The van der Waals surface area contributed by atoms with Crippen molar-refractivity contribution in [1.29, 1.82) is 0 Å². The molecule has 26 heavy (non-hydrogen) atoms. The molecular weight excluding hydrogens is 445 g/mol. The van der Waals surface area contributed by atoms with Crippen molar-refractivity contribution < 1.29 is 19.4 Å². The summed E-state index contributed by atoms with van der Waals surface area (Å²) in [4.78, 5) is 23.3. The number of hydrogen-bond acceptors (Lipinski definition) is 4. The van der Waals surface area contributed by atoms with E-state index in [0.29, 0.717) is 15.6 Å². The first kappa shape index (κ1) is 19.3. The average Bonchev–Trinajstić information content (AvgIpc) is 2.75. The Bertz CT molecular complexity index is 871. The number of fused-ring (bicyclic) bond motifs is 1. The molecule has 2 amide bonds. The molecule has 0 spiro atoms. The zero-order valence-corrected chi connectivity index (χ0v) is 17.2. The van der Waals surface area contributed by atoms with E-state index in [2.05, 4.69) is 22.5 Å². The molecule has 2 aliphatic rings. The van der Waals surface area contributed by atoms with Gasteiger partial charge in [0, 0.05) is 13.0 Å². The summed E-state index contributed by atoms with van der Waals surface area (Å²) in [5.41, 5.74) is 1.24. The molecule has 1 saturated heterocycles. The lowest BCUT2D eigenvalue weighted by Gasteiger charge is -2.42. The van der Waals surface area contributed by atoms with Crippen LogP contribution in [0.15, 0.2) is 40.9 Å². The van der Waals surface area contributed by atoms with Gasteiger partial charge >= 0.3 is 0 Å². The van der Waals surface area contributed by atoms with Crippen LogP contribution in [0.2, 0.25) is 0 Å². The third-order valence-corrected chi connectivity index (χ3v) is 7.04. The largest absolute Gasteiger partial charge is 0.503 e. The van der Waals surface area contributed by atoms with Crippen LogP contribution in [0.3, 0.4) is 0 Å². The Morgan fingerprint density at radius 2 is 2.04 bits per heavy atom. The van der Waals surface area contributed by atoms with E-state index in [1.165, 1.54) is 14.2 Å². The third-order valence-electron chi connectivity index (χ3n) is 5.03. The van der Waals surface area contributed by atoms with Crippen LogP contribution >= 0.6 is 39.1 Å². The minimum absolute atomic E-state index is 0.0807. The van der Waals surface area contributed by atoms with Gasteiger partial charge in [-0.25, -0.2) is 0 Å². The fourth-order valence-corrected chi connectivity index (χ4v) is 5.05. The van der Waals surface area contributed by atoms with Crippen molar-refractivity contribution in [1.82, 2.24) is 4.90 Å². The van der Waals surface area contributed by atoms with Crippen molar-refractivity contribution in [2.75, 3.05) is 14.2 Å². The topological polar surface area (TPSA) is 66.8 Å². The number of likely N-dealkylation sites (tertiary alicyclic amines) is 1. The molecule has 1 aromatic rings. The number of benzene rings is 1. The van der Waals surface area contributed by atoms with Crippen LogP contribution in [0.5, 0.6) is 11.5 Å². The summed E-state index contributed by atoms with van der Waals surface area (Å²) < 4.78 is 5.57. The average molecular weight is 461 g/mol. The fraction of sp³-hybridized carbons (Fsp3) is 0.333. The molecule has 1 aromatic carbocycles. The van der Waals surface area contributed by atoms with Crippen LogP contribution < -0.4 is 4.74 Å². The number of hydrogen-bond donors (Lipinski definition) is 1. The smallest absolute Gasteiger partial charge is 0.253 e. The highest BCUT2D eigenvalue weighted by atomic mass is 79.9. The predicted molar refractivity (Wildman–Crippen MR) is 103 cm³/mol. The molecule has 1 fully saturated rings. The molecule has 1 aliphatic carbocycles. The Labute approximate surface area is 169 Å². The molecule has 1 heterocycles. The zero-order chi connectivity index (χ0) is 19.4. The molecule has 8 heteroatoms. The molecule has 1 N–H and O–H groups in total. The first-order chi connectivity index (χ1) is 12.1. The van der Waals surface area contributed by atoms with Crippen LogP contribution in [0.25, 0.3) is 0 Å². The minimum atomic E-state index is -1.72. The number of methoxy groups -OCH3 is 1. The van der Waals surface area contributed by atoms with Crippen molar-refractivity contribution in [3.05, 3.63) is 46.5 Å². The van der Waals surface area contributed by atoms with Gasteiger partial charge in [-0.3, -0.25) is 14.5 Å². The number of phenolic OH excluding ortho intramolecular Hbond substituents is 1. The molecule has 3 atom stereocenters. The van der Waals surface area contributed by atoms with E-state index < -0.39 is 27.5 Å². The van der Waals surface area contributed by atoms with Crippen molar-refractivity contribution in [3.63, 3.8) is 0 Å². The minimum Gasteiger partial charge on any atom is -0.503 e. The molecule has 0 radical (unpaired) electrons. The number of phenols is 1. The number of imide groups is 1. The highest BCUT2D eigenvalue weighted by Crippen LogP contribution is 2.59. The normalized spacial score (nSPS) is 30.9. The van der Waals surface area contributed by atoms with Crippen LogP contribution in [-0.2, 0) is 9.59 Å². The number of halogens is 3. The molecule has 0 aromatic heterocycles. The second-order valence-electron chi connectivity index (χ2n) is 6.28. The van der Waals surface area contributed by atoms with Gasteiger partial charge in [-0.15, -0.1) is 23.2 Å². The molecule has 0 saturated carbocycles. The van der Waals surface area contributed by atoms with E-state index in [9.17, 15) is 14.7 Å². The van der Waals surface area contributed by atoms with E-state index >= 15 is 0 Å². The molecule has 0 bridgehead atoms. The van der Waals surface area contributed by atoms with E-state index in [1.807, 2.05) is 0 Å². The van der Waals surface area contributed by atoms with Crippen LogP contribution in [0.4, 0.5) is 0 Å². The van der Waals surface area contributed by atoms with Gasteiger partial charge in [0.2, 0.25) is 0 Å². The number of amides is 2. The van der Waals surface area contributed by atoms with Crippen molar-refractivity contribution >= 4 is 50.9 Å². The van der Waals surface area contributed by atoms with E-state index in [1.54, 1.807) is 24.3 Å². The maximum Gasteiger partial charge on any atom is 0.253 e. The van der Waals surface area contributed by atoms with Gasteiger partial charge in [0.05, 0.1) is 11.6 Å². The Morgan fingerprint density at radius 1 is 1.38 bits per heavy atom. The lowest BCUT2D eigenvalue weighted by atomic mass is 9.68. The standard InChI is InChI=1S/C18H16BrCl2NO4/c1-4-9-5-6-17(20)15(24)22(2)16(25)18(17,21)13(9)10-7-11(19)14(23)12(8-10)26-3/h4-5,7-8,13,23H,1,6H2,2-3H3/t13-,17-,18+/m1/s1. The monoisotopic (exact) mass is 459 g/mol. The third kappa shape index (κ3) is 2.28. The van der Waals surface area contributed by atoms with Gasteiger partial charge in [0.1, 0.15) is 0 Å². The summed E-state index contributed by atoms with van der Waals surface area (Å²) in [6.07, 6.45) is 3.47. The highest BCUT2D eigenvalue weighted by molar-refractivity contribution is 9.10. The molecule has 5 nitrogen and oxygen atoms in total. The van der Waals surface area contributed by atoms with Gasteiger partial charge in [-0.1, -0.05) is 18.7 Å². The predicted octanol–water partition coefficient (Wildman–Crippen LogP) is 3.72. The maximum absolute atomic E-state index is 13.0. The maximum atomic E-state index is 13.0. The Kier molecular flexibility index (Phi) is 4.66. The molecule has 3 rings (SSSR count). The first-order valence-electron chi connectivity index (χ1n) is 7.72. The van der Waals surface area contributed by atoms with Gasteiger partial charge in [0.15, 0.2) is 21.2 Å². The fourth-order valence-electron chi connectivity index (χ4n) is 3.66. The van der Waals surface area contributed by atoms with E-state index in [0.717, 1.165) is 4.90 Å². The number of nitrogens with zero attached hydrogens (tertiary/aromatic N) is 1. The summed E-state index contributed by atoms with van der Waals surface area (Å²) in [5.74, 6) is -1.73. The summed E-state index contributed by atoms with van der Waals surface area (Å²) in [5, 5.41) is 10.1. The van der Waals surface area contributed by atoms with Crippen molar-refractivity contribution in [3.8, 4) is 11.5 Å². The van der Waals surface area contributed by atoms with Crippen LogP contribution in [0, 0.1) is 0 Å². The summed E-state index contributed by atoms with van der Waals surface area (Å²) >= 11 is 16.8. The lowest BCUT2D eigenvalue weighted by Crippen LogP contribution is -2.54. The first-order valence-corrected chi connectivity index (χ1v) is 9.27. The van der Waals surface area contributed by atoms with Gasteiger partial charge in [-0.2, -0.15) is 0 Å². The van der Waals surface area contributed by atoms with Gasteiger partial charge < -0.3 is 9.84 Å². The molecular formula is C18H16BrCl2NO4. The van der Waals surface area contributed by atoms with E-state index in [-0.39, 0.29) is 17.9 Å². The highest BCUT2D eigenvalue weighted by Gasteiger charge is 2.72. The van der Waals surface area contributed by atoms with Gasteiger partial charge in [-0.05, 0) is 45.6 Å². The Morgan fingerprint density at radius 3 is 2.62 bits per heavy atom. The summed E-state index contributed by atoms with van der Waals surface area (Å²) in [6.45, 7) is 3.80. The Hall–Kier alpha value is -1.50. The second-order valence-corrected chi connectivity index (χ2v) is 8.38. The second kappa shape index (κ2) is 6.29. The number of ether oxygens (including phenoxy) is 1.